The van der Waals surface area contributed by atoms with Crippen molar-refractivity contribution in [2.24, 2.45) is 0 Å². The predicted octanol–water partition coefficient (Wildman–Crippen LogP) is 7.96. The summed E-state index contributed by atoms with van der Waals surface area (Å²) in [7, 11) is 0. The van der Waals surface area contributed by atoms with E-state index in [0.29, 0.717) is 24.4 Å². The summed E-state index contributed by atoms with van der Waals surface area (Å²) in [4.78, 5) is 15.0. The Balaban J connectivity index is 0.973. The summed E-state index contributed by atoms with van der Waals surface area (Å²) in [6, 6.07) is 41.0. The van der Waals surface area contributed by atoms with Crippen LogP contribution >= 0.6 is 0 Å². The van der Waals surface area contributed by atoms with Gasteiger partial charge >= 0.3 is 6.03 Å². The number of carbonyl (C=O) groups excluding carboxylic acids is 1. The number of benzene rings is 5. The first-order chi connectivity index (χ1) is 25.5. The number of carbonyl (C=O) groups is 1. The van der Waals surface area contributed by atoms with Gasteiger partial charge in [0.2, 0.25) is 0 Å². The van der Waals surface area contributed by atoms with E-state index in [-0.39, 0.29) is 37.5 Å². The van der Waals surface area contributed by atoms with Crippen LogP contribution in [0.15, 0.2) is 127 Å². The van der Waals surface area contributed by atoms with E-state index >= 15 is 0 Å². The second-order valence-electron chi connectivity index (χ2n) is 13.4. The molecule has 4 atom stereocenters. The number of nitrogens with zero attached hydrogens (tertiary/aromatic N) is 1. The minimum absolute atomic E-state index is 0.000379. The molecule has 52 heavy (non-hydrogen) atoms. The largest absolute Gasteiger partial charge is 0.457 e. The second-order valence-corrected chi connectivity index (χ2v) is 13.4. The highest BCUT2D eigenvalue weighted by atomic mass is 16.7. The summed E-state index contributed by atoms with van der Waals surface area (Å²) in [5.41, 5.74) is 6.57. The molecule has 2 aliphatic heterocycles. The number of urea groups is 1. The number of aliphatic hydroxyl groups is 2. The van der Waals surface area contributed by atoms with E-state index in [1.54, 1.807) is 12.1 Å². The Morgan fingerprint density at radius 3 is 2.27 bits per heavy atom. The fourth-order valence-corrected chi connectivity index (χ4v) is 6.92. The summed E-state index contributed by atoms with van der Waals surface area (Å²) in [6.07, 6.45) is 2.00. The van der Waals surface area contributed by atoms with E-state index in [2.05, 4.69) is 51.9 Å². The molecule has 0 radical (unpaired) electrons. The molecule has 2 aliphatic rings. The van der Waals surface area contributed by atoms with Crippen molar-refractivity contribution >= 4 is 11.7 Å². The summed E-state index contributed by atoms with van der Waals surface area (Å²) < 4.78 is 19.0. The number of aliphatic hydroxyl groups excluding tert-OH is 2. The Hall–Kier alpha value is -5.03. The number of rotatable bonds is 12. The molecule has 7 rings (SSSR count). The minimum Gasteiger partial charge on any atom is -0.457 e. The Morgan fingerprint density at radius 2 is 1.52 bits per heavy atom. The monoisotopic (exact) mass is 699 g/mol. The fraction of sp³-hybridized carbons (Fsp3) is 0.279. The highest BCUT2D eigenvalue weighted by Crippen LogP contribution is 2.39. The van der Waals surface area contributed by atoms with Crippen molar-refractivity contribution in [3.63, 3.8) is 0 Å². The van der Waals surface area contributed by atoms with Gasteiger partial charge in [-0.05, 0) is 89.7 Å². The highest BCUT2D eigenvalue weighted by Gasteiger charge is 2.35. The maximum Gasteiger partial charge on any atom is 0.319 e. The average molecular weight is 700 g/mol. The van der Waals surface area contributed by atoms with Crippen LogP contribution in [-0.4, -0.2) is 53.0 Å². The molecule has 0 bridgehead atoms. The van der Waals surface area contributed by atoms with Crippen LogP contribution in [0.25, 0.3) is 11.1 Å². The van der Waals surface area contributed by atoms with E-state index in [4.69, 9.17) is 14.2 Å². The lowest BCUT2D eigenvalue weighted by atomic mass is 9.99. The van der Waals surface area contributed by atoms with E-state index in [0.717, 1.165) is 65.1 Å². The normalized spacial score (nSPS) is 20.3. The van der Waals surface area contributed by atoms with Crippen molar-refractivity contribution in [1.82, 2.24) is 10.2 Å². The molecule has 0 spiro atoms. The summed E-state index contributed by atoms with van der Waals surface area (Å²) in [6.45, 7) is 2.22. The van der Waals surface area contributed by atoms with Gasteiger partial charge in [0.05, 0.1) is 25.4 Å². The van der Waals surface area contributed by atoms with Crippen molar-refractivity contribution in [2.75, 3.05) is 25.0 Å². The Morgan fingerprint density at radius 1 is 0.769 bits per heavy atom. The van der Waals surface area contributed by atoms with E-state index < -0.39 is 6.29 Å². The van der Waals surface area contributed by atoms with Gasteiger partial charge in [-0.1, -0.05) is 84.9 Å². The lowest BCUT2D eigenvalue weighted by molar-refractivity contribution is -0.253. The third-order valence-electron chi connectivity index (χ3n) is 9.75. The minimum atomic E-state index is -0.549. The van der Waals surface area contributed by atoms with Crippen LogP contribution in [0.4, 0.5) is 10.5 Å². The van der Waals surface area contributed by atoms with Gasteiger partial charge < -0.3 is 35.1 Å². The van der Waals surface area contributed by atoms with Crippen LogP contribution in [0.2, 0.25) is 0 Å². The lowest BCUT2D eigenvalue weighted by Gasteiger charge is -2.38. The van der Waals surface area contributed by atoms with Crippen molar-refractivity contribution in [2.45, 2.75) is 57.0 Å². The Labute approximate surface area is 304 Å². The Bertz CT molecular complexity index is 1890. The van der Waals surface area contributed by atoms with E-state index in [9.17, 15) is 15.0 Å². The first kappa shape index (κ1) is 35.4. The van der Waals surface area contributed by atoms with Crippen LogP contribution in [0, 0.1) is 0 Å². The van der Waals surface area contributed by atoms with E-state index in [1.165, 1.54) is 0 Å². The van der Waals surface area contributed by atoms with Crippen molar-refractivity contribution in [1.29, 1.82) is 0 Å². The molecule has 2 fully saturated rings. The van der Waals surface area contributed by atoms with Crippen molar-refractivity contribution in [3.8, 4) is 22.6 Å². The molecular weight excluding hydrogens is 654 g/mol. The average Bonchev–Trinajstić information content (AvgIpc) is 3.65. The number of amides is 2. The molecule has 5 aromatic rings. The number of anilines is 1. The van der Waals surface area contributed by atoms with Gasteiger partial charge in [-0.2, -0.15) is 0 Å². The highest BCUT2D eigenvalue weighted by molar-refractivity contribution is 5.89. The summed E-state index contributed by atoms with van der Waals surface area (Å²) >= 11 is 0. The number of hydrogen-bond acceptors (Lipinski definition) is 7. The molecule has 5 aromatic carbocycles. The fourth-order valence-electron chi connectivity index (χ4n) is 6.92. The SMILES string of the molecule is O=C(NCc1cccc(-c2ccc(C3OC(CN4CCCC4CO)CC(c4ccc(CO)cc4)O3)cc2)c1)Nc1ccc(Oc2ccccc2)cc1. The molecule has 4 unspecified atom stereocenters. The third kappa shape index (κ3) is 9.06. The summed E-state index contributed by atoms with van der Waals surface area (Å²) in [5, 5.41) is 25.3. The van der Waals surface area contributed by atoms with Crippen LogP contribution in [-0.2, 0) is 22.6 Å². The molecule has 9 heteroatoms. The lowest BCUT2D eigenvalue weighted by Crippen LogP contribution is -2.42. The number of para-hydroxylation sites is 1. The molecule has 4 N–H and O–H groups in total. The number of ether oxygens (including phenoxy) is 3. The van der Waals surface area contributed by atoms with Gasteiger partial charge in [0, 0.05) is 36.8 Å². The van der Waals surface area contributed by atoms with Crippen LogP contribution < -0.4 is 15.4 Å². The Kier molecular flexibility index (Phi) is 11.6. The standard InChI is InChI=1S/C43H45N3O6/c47-28-30-11-13-33(14-12-30)41-25-40(27-46-23-5-8-37(46)29-48)51-42(52-41)34-17-15-32(16-18-34)35-7-4-6-31(24-35)26-44-43(49)45-36-19-21-39(22-20-36)50-38-9-2-1-3-10-38/h1-4,6-7,9-22,24,37,40-42,47-48H,5,8,23,25-29H2,(H2,44,45,49). The zero-order valence-electron chi connectivity index (χ0n) is 29.1. The van der Waals surface area contributed by atoms with Crippen LogP contribution in [0.5, 0.6) is 11.5 Å². The van der Waals surface area contributed by atoms with Crippen LogP contribution in [0.1, 0.15) is 53.9 Å². The number of likely N-dealkylation sites (tertiary alicyclic amines) is 1. The first-order valence-corrected chi connectivity index (χ1v) is 18.0. The maximum atomic E-state index is 12.7. The molecule has 2 heterocycles. The predicted molar refractivity (Wildman–Crippen MR) is 201 cm³/mol. The molecule has 2 amide bonds. The molecule has 0 aliphatic carbocycles. The molecular formula is C43H45N3O6. The van der Waals surface area contributed by atoms with Crippen molar-refractivity contribution in [3.05, 3.63) is 150 Å². The van der Waals surface area contributed by atoms with Gasteiger partial charge in [-0.15, -0.1) is 0 Å². The van der Waals surface area contributed by atoms with Crippen LogP contribution in [0.3, 0.4) is 0 Å². The van der Waals surface area contributed by atoms with Gasteiger partial charge in [-0.25, -0.2) is 4.79 Å². The number of nitrogens with one attached hydrogen (secondary N) is 2. The quantitative estimate of drug-likeness (QED) is 0.105. The molecule has 0 saturated carbocycles. The van der Waals surface area contributed by atoms with Crippen molar-refractivity contribution < 1.29 is 29.2 Å². The molecule has 9 nitrogen and oxygen atoms in total. The number of hydrogen-bond donors (Lipinski definition) is 4. The van der Waals surface area contributed by atoms with Gasteiger partial charge in [0.1, 0.15) is 11.5 Å². The zero-order chi connectivity index (χ0) is 35.7. The topological polar surface area (TPSA) is 113 Å². The van der Waals surface area contributed by atoms with Gasteiger partial charge in [0.25, 0.3) is 0 Å². The summed E-state index contributed by atoms with van der Waals surface area (Å²) in [5.74, 6) is 1.44. The zero-order valence-corrected chi connectivity index (χ0v) is 29.1. The van der Waals surface area contributed by atoms with Gasteiger partial charge in [-0.3, -0.25) is 4.90 Å². The first-order valence-electron chi connectivity index (χ1n) is 18.0. The van der Waals surface area contributed by atoms with Gasteiger partial charge in [0.15, 0.2) is 6.29 Å². The molecule has 0 aromatic heterocycles. The maximum absolute atomic E-state index is 12.7. The van der Waals surface area contributed by atoms with E-state index in [1.807, 2.05) is 78.9 Å². The molecule has 268 valence electrons. The third-order valence-corrected chi connectivity index (χ3v) is 9.75. The molecule has 2 saturated heterocycles. The smallest absolute Gasteiger partial charge is 0.319 e. The second kappa shape index (κ2) is 17.0.